The van der Waals surface area contributed by atoms with Crippen molar-refractivity contribution in [2.45, 2.75) is 97.0 Å². The second-order valence-corrected chi connectivity index (χ2v) is 13.1. The molecule has 10 atom stereocenters. The third-order valence-electron chi connectivity index (χ3n) is 11.0. The summed E-state index contributed by atoms with van der Waals surface area (Å²) in [6.45, 7) is 12.6. The van der Waals surface area contributed by atoms with Crippen LogP contribution in [0.1, 0.15) is 85.5 Å². The Labute approximate surface area is 204 Å². The summed E-state index contributed by atoms with van der Waals surface area (Å²) in [5.41, 5.74) is 0.693. The molecule has 33 heavy (non-hydrogen) atoms. The van der Waals surface area contributed by atoms with Crippen LogP contribution in [0.15, 0.2) is 12.2 Å². The Morgan fingerprint density at radius 2 is 1.58 bits per heavy atom. The summed E-state index contributed by atoms with van der Waals surface area (Å²) in [4.78, 5) is 25.2. The van der Waals surface area contributed by atoms with Gasteiger partial charge in [0, 0.05) is 6.42 Å². The molecule has 0 heterocycles. The molecule has 0 saturated heterocycles. The zero-order valence-electron chi connectivity index (χ0n) is 20.9. The summed E-state index contributed by atoms with van der Waals surface area (Å²) >= 11 is 6.74. The van der Waals surface area contributed by atoms with Crippen LogP contribution in [0.4, 0.5) is 0 Å². The van der Waals surface area contributed by atoms with Crippen molar-refractivity contribution >= 4 is 23.4 Å². The number of fused-ring (bicyclic) bond motifs is 5. The molecule has 0 bridgehead atoms. The fourth-order valence-corrected chi connectivity index (χ4v) is 9.56. The molecule has 4 aliphatic carbocycles. The number of allylic oxidation sites excluding steroid dienone is 1. The zero-order valence-corrected chi connectivity index (χ0v) is 21.6. The molecule has 5 heteroatoms. The van der Waals surface area contributed by atoms with Crippen LogP contribution in [-0.4, -0.2) is 33.4 Å². The SMILES string of the molecule is C=C(C(=O)C[C@@H](C(=O)O)[C@H]1CC[C@H]2[C@@H]3CCC4C(Cl)C(O)CC[C@]4(C)[C@H]3CC[C@]12C)C(C)C. The molecule has 0 aromatic carbocycles. The molecule has 4 saturated carbocycles. The van der Waals surface area contributed by atoms with Crippen LogP contribution in [0.25, 0.3) is 0 Å². The van der Waals surface area contributed by atoms with Gasteiger partial charge in [-0.3, -0.25) is 9.59 Å². The molecule has 2 N–H and O–H groups in total. The molecule has 4 fully saturated rings. The lowest BCUT2D eigenvalue weighted by Crippen LogP contribution is -2.57. The predicted molar refractivity (Wildman–Crippen MR) is 131 cm³/mol. The van der Waals surface area contributed by atoms with Crippen LogP contribution in [0.3, 0.4) is 0 Å². The summed E-state index contributed by atoms with van der Waals surface area (Å²) in [7, 11) is 0. The van der Waals surface area contributed by atoms with Crippen LogP contribution < -0.4 is 0 Å². The molecular formula is C28H43ClO4. The molecule has 0 aromatic heterocycles. The third-order valence-corrected chi connectivity index (χ3v) is 11.6. The van der Waals surface area contributed by atoms with Gasteiger partial charge in [-0.25, -0.2) is 0 Å². The molecule has 0 aromatic rings. The zero-order chi connectivity index (χ0) is 24.3. The highest BCUT2D eigenvalue weighted by atomic mass is 35.5. The number of carbonyl (C=O) groups excluding carboxylic acids is 1. The fourth-order valence-electron chi connectivity index (χ4n) is 9.02. The van der Waals surface area contributed by atoms with E-state index in [-0.39, 0.29) is 46.4 Å². The van der Waals surface area contributed by atoms with Crippen molar-refractivity contribution in [2.24, 2.45) is 52.3 Å². The summed E-state index contributed by atoms with van der Waals surface area (Å²) < 4.78 is 0. The first-order valence-corrected chi connectivity index (χ1v) is 13.6. The first kappa shape index (κ1) is 25.2. The van der Waals surface area contributed by atoms with Gasteiger partial charge in [-0.05, 0) is 103 Å². The molecule has 3 unspecified atom stereocenters. The van der Waals surface area contributed by atoms with E-state index < -0.39 is 11.9 Å². The average molecular weight is 479 g/mol. The van der Waals surface area contributed by atoms with Crippen molar-refractivity contribution in [1.82, 2.24) is 0 Å². The number of aliphatic carboxylic acids is 1. The van der Waals surface area contributed by atoms with Gasteiger partial charge >= 0.3 is 5.97 Å². The summed E-state index contributed by atoms with van der Waals surface area (Å²) in [5, 5.41) is 20.4. The summed E-state index contributed by atoms with van der Waals surface area (Å²) in [6.07, 6.45) is 7.84. The quantitative estimate of drug-likeness (QED) is 0.357. The van der Waals surface area contributed by atoms with E-state index in [2.05, 4.69) is 20.4 Å². The Hall–Kier alpha value is -0.870. The number of alkyl halides is 1. The number of carboxylic acids is 1. The minimum Gasteiger partial charge on any atom is -0.481 e. The molecule has 0 amide bonds. The number of rotatable bonds is 6. The number of halogens is 1. The molecule has 4 nitrogen and oxygen atoms in total. The molecule has 0 aliphatic heterocycles. The topological polar surface area (TPSA) is 74.6 Å². The van der Waals surface area contributed by atoms with Crippen LogP contribution >= 0.6 is 11.6 Å². The van der Waals surface area contributed by atoms with Crippen LogP contribution in [0, 0.1) is 52.3 Å². The fraction of sp³-hybridized carbons (Fsp3) is 0.857. The van der Waals surface area contributed by atoms with Gasteiger partial charge in [-0.2, -0.15) is 0 Å². The van der Waals surface area contributed by atoms with E-state index in [1.54, 1.807) is 0 Å². The van der Waals surface area contributed by atoms with E-state index in [1.165, 1.54) is 0 Å². The highest BCUT2D eigenvalue weighted by molar-refractivity contribution is 6.21. The van der Waals surface area contributed by atoms with Crippen molar-refractivity contribution in [2.75, 3.05) is 0 Å². The Bertz CT molecular complexity index is 808. The highest BCUT2D eigenvalue weighted by Crippen LogP contribution is 2.68. The van der Waals surface area contributed by atoms with Gasteiger partial charge < -0.3 is 10.2 Å². The molecule has 0 radical (unpaired) electrons. The number of carbonyl (C=O) groups is 2. The number of hydrogen-bond donors (Lipinski definition) is 2. The van der Waals surface area contributed by atoms with Crippen LogP contribution in [0.2, 0.25) is 0 Å². The Morgan fingerprint density at radius 1 is 0.970 bits per heavy atom. The monoisotopic (exact) mass is 478 g/mol. The number of hydrogen-bond acceptors (Lipinski definition) is 3. The number of ketones is 1. The van der Waals surface area contributed by atoms with Crippen molar-refractivity contribution in [3.05, 3.63) is 12.2 Å². The summed E-state index contributed by atoms with van der Waals surface area (Å²) in [6, 6.07) is 0. The normalized spacial score (nSPS) is 45.6. The minimum atomic E-state index is -0.823. The molecule has 186 valence electrons. The average Bonchev–Trinajstić information content (AvgIpc) is 3.10. The minimum absolute atomic E-state index is 0.0264. The maximum absolute atomic E-state index is 12.8. The smallest absolute Gasteiger partial charge is 0.307 e. The molecule has 4 aliphatic rings. The van der Waals surface area contributed by atoms with E-state index >= 15 is 0 Å². The standard InChI is InChI=1S/C28H43ClO4/c1-15(2)16(3)24(31)14-18(26(32)33)20-9-8-19-17-6-7-22-25(29)23(30)11-13-28(22,5)21(17)10-12-27(19,20)4/h15,17-23,25,30H,3,6-14H2,1-2,4-5H3,(H,32,33)/t17-,18+,19-,20+,21-,22?,23?,25?,27-,28+/m0/s1. The second-order valence-electron chi connectivity index (χ2n) is 12.6. The van der Waals surface area contributed by atoms with Gasteiger partial charge in [0.15, 0.2) is 5.78 Å². The van der Waals surface area contributed by atoms with E-state index in [1.807, 2.05) is 13.8 Å². The first-order chi connectivity index (χ1) is 15.4. The lowest BCUT2D eigenvalue weighted by molar-refractivity contribution is -0.152. The van der Waals surface area contributed by atoms with E-state index in [4.69, 9.17) is 11.6 Å². The largest absolute Gasteiger partial charge is 0.481 e. The van der Waals surface area contributed by atoms with Crippen molar-refractivity contribution in [1.29, 1.82) is 0 Å². The molecule has 4 rings (SSSR count). The van der Waals surface area contributed by atoms with Crippen molar-refractivity contribution in [3.8, 4) is 0 Å². The van der Waals surface area contributed by atoms with E-state index in [9.17, 15) is 19.8 Å². The Kier molecular flexibility index (Phi) is 6.86. The maximum Gasteiger partial charge on any atom is 0.307 e. The number of aliphatic hydroxyl groups excluding tert-OH is 1. The van der Waals surface area contributed by atoms with Crippen molar-refractivity contribution in [3.63, 3.8) is 0 Å². The molecule has 0 spiro atoms. The number of carboxylic acid groups (broad SMARTS) is 1. The lowest BCUT2D eigenvalue weighted by atomic mass is 9.44. The Balaban J connectivity index is 1.56. The predicted octanol–water partition coefficient (Wildman–Crippen LogP) is 6.10. The second kappa shape index (κ2) is 8.97. The van der Waals surface area contributed by atoms with Gasteiger partial charge in [-0.15, -0.1) is 11.6 Å². The summed E-state index contributed by atoms with van der Waals surface area (Å²) in [5.74, 6) is 0.660. The van der Waals surface area contributed by atoms with Crippen LogP contribution in [0.5, 0.6) is 0 Å². The number of Topliss-reactive ketones (excluding diaryl/α,β-unsaturated/α-hetero) is 1. The maximum atomic E-state index is 12.8. The number of aliphatic hydroxyl groups is 1. The van der Waals surface area contributed by atoms with Gasteiger partial charge in [0.25, 0.3) is 0 Å². The van der Waals surface area contributed by atoms with Gasteiger partial charge in [0.2, 0.25) is 0 Å². The van der Waals surface area contributed by atoms with Gasteiger partial charge in [0.1, 0.15) is 0 Å². The Morgan fingerprint density at radius 3 is 2.21 bits per heavy atom. The van der Waals surface area contributed by atoms with Crippen molar-refractivity contribution < 1.29 is 19.8 Å². The van der Waals surface area contributed by atoms with Crippen LogP contribution in [-0.2, 0) is 9.59 Å². The third kappa shape index (κ3) is 4.01. The first-order valence-electron chi connectivity index (χ1n) is 13.2. The van der Waals surface area contributed by atoms with Gasteiger partial charge in [0.05, 0.1) is 17.4 Å². The highest BCUT2D eigenvalue weighted by Gasteiger charge is 2.62. The molecular weight excluding hydrogens is 436 g/mol. The van der Waals surface area contributed by atoms with Gasteiger partial charge in [-0.1, -0.05) is 34.3 Å². The lowest BCUT2D eigenvalue weighted by Gasteiger charge is -2.62. The van der Waals surface area contributed by atoms with E-state index in [0.717, 1.165) is 51.4 Å². The van der Waals surface area contributed by atoms with E-state index in [0.29, 0.717) is 29.2 Å².